The van der Waals surface area contributed by atoms with Gasteiger partial charge < -0.3 is 18.8 Å². The van der Waals surface area contributed by atoms with E-state index >= 15 is 0 Å². The molecule has 0 spiro atoms. The molecule has 9 rings (SSSR count). The zero-order chi connectivity index (χ0) is 29.1. The predicted molar refractivity (Wildman–Crippen MR) is 170 cm³/mol. The molecular weight excluding hydrogens is 726 g/mol. The third-order valence-corrected chi connectivity index (χ3v) is 8.82. The molecule has 44 heavy (non-hydrogen) atoms. The first-order valence-electron chi connectivity index (χ1n) is 15.0. The van der Waals surface area contributed by atoms with Crippen LogP contribution in [-0.2, 0) is 26.5 Å². The summed E-state index contributed by atoms with van der Waals surface area (Å²) in [5.74, 6) is 1.43. The summed E-state index contributed by atoms with van der Waals surface area (Å²) in [7, 11) is 0. The molecule has 0 bridgehead atoms. The molecule has 0 amide bonds. The Labute approximate surface area is 268 Å². The minimum atomic E-state index is -0.277. The van der Waals surface area contributed by atoms with Crippen LogP contribution in [0, 0.1) is 37.8 Å². The molecule has 5 nitrogen and oxygen atoms in total. The van der Waals surface area contributed by atoms with Gasteiger partial charge in [0.15, 0.2) is 0 Å². The van der Waals surface area contributed by atoms with Crippen LogP contribution >= 0.6 is 0 Å². The molecule has 1 radical (unpaired) electrons. The number of aryl methyl sites for hydroxylation is 2. The first-order valence-corrected chi connectivity index (χ1v) is 15.0. The van der Waals surface area contributed by atoms with Crippen molar-refractivity contribution in [1.82, 2.24) is 23.8 Å². The largest absolute Gasteiger partial charge is 0.432 e. The standard InChI is InChI=1S/C25H21N4.C12H9FN.Ir/c1-15-14-28-24-22-17(10-11-26-24)13-18(12-16-6-2-3-7-16)21-19-8-4-5-9-20(19)29(23(21)22)25(28)27-15;1-9-2-7-12(14-8-9)10-3-5-11(13)6-4-10;/h4-5,8-11,13,16H,2-3,6-7,12H2,1H3;2-3,5-8H,1H3;/q2*-1;. The van der Waals surface area contributed by atoms with Crippen molar-refractivity contribution < 1.29 is 24.5 Å². The third kappa shape index (κ3) is 4.75. The quantitative estimate of drug-likeness (QED) is 0.170. The molecule has 0 N–H and O–H groups in total. The molecule has 0 unspecified atom stereocenters. The second-order valence-corrected chi connectivity index (χ2v) is 11.8. The van der Waals surface area contributed by atoms with Crippen molar-refractivity contribution in [2.75, 3.05) is 0 Å². The average molecular weight is 756 g/mol. The summed E-state index contributed by atoms with van der Waals surface area (Å²) >= 11 is 0. The number of imidazole rings is 1. The fourth-order valence-corrected chi connectivity index (χ4v) is 6.88. The van der Waals surface area contributed by atoms with Gasteiger partial charge in [0.25, 0.3) is 0 Å². The first kappa shape index (κ1) is 28.6. The Bertz CT molecular complexity index is 2200. The maximum absolute atomic E-state index is 12.6. The molecule has 1 saturated carbocycles. The van der Waals surface area contributed by atoms with Crippen molar-refractivity contribution in [3.8, 4) is 11.3 Å². The van der Waals surface area contributed by atoms with Crippen molar-refractivity contribution in [3.63, 3.8) is 0 Å². The summed E-state index contributed by atoms with van der Waals surface area (Å²) in [5, 5.41) is 5.20. The Morgan fingerprint density at radius 2 is 1.80 bits per heavy atom. The number of nitrogens with zero attached hydrogens (tertiary/aromatic N) is 5. The van der Waals surface area contributed by atoms with Gasteiger partial charge in [0, 0.05) is 65.8 Å². The summed E-state index contributed by atoms with van der Waals surface area (Å²) < 4.78 is 17.0. The van der Waals surface area contributed by atoms with Gasteiger partial charge in [-0.2, -0.15) is 0 Å². The summed E-state index contributed by atoms with van der Waals surface area (Å²) in [6, 6.07) is 24.5. The van der Waals surface area contributed by atoms with Crippen molar-refractivity contribution in [1.29, 1.82) is 0 Å². The number of rotatable bonds is 3. The van der Waals surface area contributed by atoms with E-state index in [-0.39, 0.29) is 25.9 Å². The van der Waals surface area contributed by atoms with Crippen LogP contribution in [0.25, 0.3) is 55.3 Å². The molecule has 221 valence electrons. The van der Waals surface area contributed by atoms with Crippen molar-refractivity contribution in [2.45, 2.75) is 46.0 Å². The second kappa shape index (κ2) is 11.4. The number of hydrogen-bond acceptors (Lipinski definition) is 3. The van der Waals surface area contributed by atoms with Crippen molar-refractivity contribution in [2.24, 2.45) is 5.92 Å². The zero-order valence-electron chi connectivity index (χ0n) is 24.6. The smallest absolute Gasteiger partial charge is 0.106 e. The number of para-hydroxylation sites is 1. The van der Waals surface area contributed by atoms with Crippen molar-refractivity contribution >= 4 is 44.0 Å². The third-order valence-electron chi connectivity index (χ3n) is 8.82. The van der Waals surface area contributed by atoms with Gasteiger partial charge in [0.05, 0.1) is 0 Å². The molecule has 0 aliphatic heterocycles. The van der Waals surface area contributed by atoms with Crippen LogP contribution in [-0.4, -0.2) is 23.8 Å². The van der Waals surface area contributed by atoms with E-state index in [2.05, 4.69) is 58.0 Å². The van der Waals surface area contributed by atoms with Gasteiger partial charge >= 0.3 is 0 Å². The van der Waals surface area contributed by atoms with Gasteiger partial charge in [-0.1, -0.05) is 68.3 Å². The first-order chi connectivity index (χ1) is 21.0. The van der Waals surface area contributed by atoms with Gasteiger partial charge in [0.2, 0.25) is 0 Å². The van der Waals surface area contributed by atoms with Crippen LogP contribution < -0.4 is 0 Å². The van der Waals surface area contributed by atoms with E-state index in [1.54, 1.807) is 12.3 Å². The molecule has 1 fully saturated rings. The normalized spacial score (nSPS) is 13.7. The van der Waals surface area contributed by atoms with E-state index in [1.807, 2.05) is 36.6 Å². The molecule has 0 saturated heterocycles. The van der Waals surface area contributed by atoms with Gasteiger partial charge in [-0.25, -0.2) is 0 Å². The molecule has 1 aliphatic rings. The SMILES string of the molecule is Cc1[c-]n2c3nccc4cc(CC5CCCC5)c5c6ccccc6n(c5c43)c2n1.Cc1ccc(-c2[c-]cc(F)cc2)nc1.[Ir]. The van der Waals surface area contributed by atoms with Crippen LogP contribution in [0.1, 0.15) is 42.5 Å². The Morgan fingerprint density at radius 1 is 0.955 bits per heavy atom. The van der Waals surface area contributed by atoms with E-state index in [1.165, 1.54) is 76.0 Å². The Morgan fingerprint density at radius 3 is 2.57 bits per heavy atom. The van der Waals surface area contributed by atoms with E-state index in [4.69, 9.17) is 9.97 Å². The predicted octanol–water partition coefficient (Wildman–Crippen LogP) is 8.71. The number of halogens is 1. The maximum Gasteiger partial charge on any atom is 0.106 e. The van der Waals surface area contributed by atoms with Crippen molar-refractivity contribution in [3.05, 3.63) is 114 Å². The van der Waals surface area contributed by atoms with Gasteiger partial charge in [-0.15, -0.1) is 29.8 Å². The minimum Gasteiger partial charge on any atom is -0.432 e. The molecular formula is C37H30FIrN5-2. The average Bonchev–Trinajstić information content (AvgIpc) is 3.76. The molecule has 5 aromatic heterocycles. The Hall–Kier alpha value is -4.19. The van der Waals surface area contributed by atoms with E-state index in [9.17, 15) is 4.39 Å². The second-order valence-electron chi connectivity index (χ2n) is 11.8. The zero-order valence-corrected chi connectivity index (χ0v) is 27.0. The monoisotopic (exact) mass is 756 g/mol. The number of hydrogen-bond donors (Lipinski definition) is 0. The van der Waals surface area contributed by atoms with Crippen LogP contribution in [0.2, 0.25) is 0 Å². The van der Waals surface area contributed by atoms with Crippen LogP contribution in [0.3, 0.4) is 0 Å². The van der Waals surface area contributed by atoms with E-state index < -0.39 is 0 Å². The van der Waals surface area contributed by atoms with Crippen LogP contribution in [0.5, 0.6) is 0 Å². The summed E-state index contributed by atoms with van der Waals surface area (Å²) in [6.07, 6.45) is 13.7. The van der Waals surface area contributed by atoms with Crippen LogP contribution in [0.15, 0.2) is 79.1 Å². The molecule has 1 aliphatic carbocycles. The molecule has 3 aromatic carbocycles. The van der Waals surface area contributed by atoms with Crippen LogP contribution in [0.4, 0.5) is 4.39 Å². The van der Waals surface area contributed by atoms with Gasteiger partial charge in [-0.05, 0) is 71.6 Å². The summed E-state index contributed by atoms with van der Waals surface area (Å²) in [5.41, 5.74) is 8.54. The fraction of sp³-hybridized carbons (Fsp3) is 0.216. The number of pyridine rings is 2. The number of fused-ring (bicyclic) bond motifs is 6. The maximum atomic E-state index is 12.6. The molecule has 7 heteroatoms. The Kier molecular flexibility index (Phi) is 7.39. The van der Waals surface area contributed by atoms with Gasteiger partial charge in [0.1, 0.15) is 5.78 Å². The van der Waals surface area contributed by atoms with Gasteiger partial charge in [-0.3, -0.25) is 9.37 Å². The number of aromatic nitrogens is 5. The van der Waals surface area contributed by atoms with E-state index in [0.29, 0.717) is 0 Å². The van der Waals surface area contributed by atoms with E-state index in [0.717, 1.165) is 46.3 Å². The Balaban J connectivity index is 0.000000177. The molecule has 0 atom stereocenters. The fourth-order valence-electron chi connectivity index (χ4n) is 6.88. The molecule has 5 heterocycles. The summed E-state index contributed by atoms with van der Waals surface area (Å²) in [6.45, 7) is 3.98. The summed E-state index contributed by atoms with van der Waals surface area (Å²) in [4.78, 5) is 13.8. The minimum absolute atomic E-state index is 0. The topological polar surface area (TPSA) is 47.5 Å². The molecule has 8 aromatic rings. The number of benzene rings is 3.